The first-order chi connectivity index (χ1) is 16.2. The van der Waals surface area contributed by atoms with E-state index in [1.807, 2.05) is 43.5 Å². The molecule has 170 valence electrons. The number of thiazole rings is 1. The summed E-state index contributed by atoms with van der Waals surface area (Å²) in [6, 6.07) is 14.5. The molecule has 1 fully saturated rings. The van der Waals surface area contributed by atoms with Crippen molar-refractivity contribution in [1.82, 2.24) is 15.0 Å². The number of fused-ring (bicyclic) bond motifs is 1. The van der Waals surface area contributed by atoms with Gasteiger partial charge < -0.3 is 20.5 Å². The Bertz CT molecular complexity index is 1240. The highest BCUT2D eigenvalue weighted by Crippen LogP contribution is 2.32. The van der Waals surface area contributed by atoms with E-state index in [1.165, 1.54) is 0 Å². The predicted octanol–water partition coefficient (Wildman–Crippen LogP) is 5.61. The molecule has 0 atom stereocenters. The maximum absolute atomic E-state index is 9.71. The van der Waals surface area contributed by atoms with Crippen molar-refractivity contribution in [3.05, 3.63) is 54.9 Å². The van der Waals surface area contributed by atoms with E-state index in [2.05, 4.69) is 27.8 Å². The molecule has 0 aliphatic heterocycles. The van der Waals surface area contributed by atoms with Gasteiger partial charge in [-0.05, 0) is 68.5 Å². The number of hydrogen-bond acceptors (Lipinski definition) is 8. The quantitative estimate of drug-likeness (QED) is 0.329. The first-order valence-electron chi connectivity index (χ1n) is 11.3. The van der Waals surface area contributed by atoms with E-state index >= 15 is 0 Å². The number of nitrogens with zero attached hydrogens (tertiary/aromatic N) is 3. The highest BCUT2D eigenvalue weighted by atomic mass is 32.1. The summed E-state index contributed by atoms with van der Waals surface area (Å²) in [7, 11) is 0. The summed E-state index contributed by atoms with van der Waals surface area (Å²) in [5.74, 6) is 2.36. The fourth-order valence-electron chi connectivity index (χ4n) is 4.10. The minimum Gasteiger partial charge on any atom is -0.492 e. The van der Waals surface area contributed by atoms with Crippen LogP contribution in [0.4, 0.5) is 16.8 Å². The Hall–Kier alpha value is -3.23. The lowest BCUT2D eigenvalue weighted by atomic mass is 9.93. The standard InChI is InChI=1S/C25H27N5O2S/c1-2-32-20-12-17(14-26-15-20)16-6-11-21-22(13-16)33-25(28-21)30-24-5-3-4-23(29-24)27-18-7-9-19(31)10-8-18/h3-6,11-15,18-19,31H,2,7-10H2,1H3,(H2,27,28,29,30). The summed E-state index contributed by atoms with van der Waals surface area (Å²) < 4.78 is 6.67. The Morgan fingerprint density at radius 3 is 2.70 bits per heavy atom. The number of aromatic nitrogens is 3. The Kier molecular flexibility index (Phi) is 6.37. The van der Waals surface area contributed by atoms with Crippen LogP contribution in [0.1, 0.15) is 32.6 Å². The zero-order valence-corrected chi connectivity index (χ0v) is 19.3. The van der Waals surface area contributed by atoms with E-state index in [9.17, 15) is 5.11 Å². The molecule has 5 rings (SSSR count). The smallest absolute Gasteiger partial charge is 0.189 e. The number of rotatable bonds is 7. The molecule has 0 spiro atoms. The molecule has 0 unspecified atom stereocenters. The van der Waals surface area contributed by atoms with E-state index < -0.39 is 0 Å². The second-order valence-electron chi connectivity index (χ2n) is 8.23. The third-order valence-electron chi connectivity index (χ3n) is 5.78. The average Bonchev–Trinajstić information content (AvgIpc) is 3.23. The van der Waals surface area contributed by atoms with Gasteiger partial charge in [0.15, 0.2) is 5.13 Å². The van der Waals surface area contributed by atoms with Crippen LogP contribution in [0, 0.1) is 0 Å². The van der Waals surface area contributed by atoms with Crippen LogP contribution < -0.4 is 15.4 Å². The van der Waals surface area contributed by atoms with Crippen molar-refractivity contribution in [3.8, 4) is 16.9 Å². The maximum atomic E-state index is 9.71. The second-order valence-corrected chi connectivity index (χ2v) is 9.26. The van der Waals surface area contributed by atoms with Crippen LogP contribution in [-0.2, 0) is 0 Å². The van der Waals surface area contributed by atoms with Crippen LogP contribution in [0.15, 0.2) is 54.9 Å². The Morgan fingerprint density at radius 1 is 1.00 bits per heavy atom. The van der Waals surface area contributed by atoms with Crippen molar-refractivity contribution < 1.29 is 9.84 Å². The molecule has 7 nitrogen and oxygen atoms in total. The molecule has 8 heteroatoms. The van der Waals surface area contributed by atoms with Crippen molar-refractivity contribution in [2.75, 3.05) is 17.2 Å². The lowest BCUT2D eigenvalue weighted by Gasteiger charge is -2.26. The number of hydrogen-bond donors (Lipinski definition) is 3. The summed E-state index contributed by atoms with van der Waals surface area (Å²) in [6.45, 7) is 2.58. The van der Waals surface area contributed by atoms with E-state index in [0.29, 0.717) is 12.6 Å². The predicted molar refractivity (Wildman–Crippen MR) is 133 cm³/mol. The van der Waals surface area contributed by atoms with E-state index in [1.54, 1.807) is 17.5 Å². The van der Waals surface area contributed by atoms with Gasteiger partial charge in [-0.25, -0.2) is 9.97 Å². The van der Waals surface area contributed by atoms with Gasteiger partial charge in [-0.15, -0.1) is 0 Å². The van der Waals surface area contributed by atoms with Gasteiger partial charge in [-0.2, -0.15) is 0 Å². The molecule has 3 heterocycles. The van der Waals surface area contributed by atoms with Crippen molar-refractivity contribution in [1.29, 1.82) is 0 Å². The molecule has 4 aromatic rings. The lowest BCUT2D eigenvalue weighted by molar-refractivity contribution is 0.126. The van der Waals surface area contributed by atoms with Gasteiger partial charge in [-0.1, -0.05) is 23.5 Å². The number of anilines is 3. The van der Waals surface area contributed by atoms with Crippen LogP contribution in [-0.4, -0.2) is 38.8 Å². The van der Waals surface area contributed by atoms with E-state index in [4.69, 9.17) is 14.7 Å². The number of aliphatic hydroxyl groups excluding tert-OH is 1. The Morgan fingerprint density at radius 2 is 1.85 bits per heavy atom. The second kappa shape index (κ2) is 9.72. The van der Waals surface area contributed by atoms with Crippen LogP contribution in [0.3, 0.4) is 0 Å². The van der Waals surface area contributed by atoms with Crippen LogP contribution >= 0.6 is 11.3 Å². The minimum atomic E-state index is -0.159. The SMILES string of the molecule is CCOc1cncc(-c2ccc3nc(Nc4cccc(NC5CCC(O)CC5)n4)sc3c2)c1. The average molecular weight is 462 g/mol. The number of nitrogens with one attached hydrogen (secondary N) is 2. The topological polar surface area (TPSA) is 92.2 Å². The maximum Gasteiger partial charge on any atom is 0.189 e. The fraction of sp³-hybridized carbons (Fsp3) is 0.320. The zero-order valence-electron chi connectivity index (χ0n) is 18.5. The minimum absolute atomic E-state index is 0.159. The van der Waals surface area contributed by atoms with Gasteiger partial charge >= 0.3 is 0 Å². The third-order valence-corrected chi connectivity index (χ3v) is 6.71. The van der Waals surface area contributed by atoms with Gasteiger partial charge in [0, 0.05) is 17.8 Å². The van der Waals surface area contributed by atoms with Crippen LogP contribution in [0.5, 0.6) is 5.75 Å². The summed E-state index contributed by atoms with van der Waals surface area (Å²) in [5.41, 5.74) is 3.03. The Labute approximate surface area is 196 Å². The van der Waals surface area contributed by atoms with Gasteiger partial charge in [0.1, 0.15) is 17.4 Å². The summed E-state index contributed by atoms with van der Waals surface area (Å²) in [4.78, 5) is 13.7. The van der Waals surface area contributed by atoms with Gasteiger partial charge in [0.05, 0.1) is 29.1 Å². The molecule has 1 aromatic carbocycles. The molecule has 0 radical (unpaired) electrons. The normalized spacial score (nSPS) is 18.2. The van der Waals surface area contributed by atoms with Gasteiger partial charge in [0.2, 0.25) is 0 Å². The van der Waals surface area contributed by atoms with Crippen LogP contribution in [0.2, 0.25) is 0 Å². The molecule has 0 bridgehead atoms. The molecule has 1 aliphatic rings. The molecule has 3 aromatic heterocycles. The van der Waals surface area contributed by atoms with E-state index in [0.717, 1.165) is 69.5 Å². The van der Waals surface area contributed by atoms with Crippen molar-refractivity contribution in [3.63, 3.8) is 0 Å². The molecule has 33 heavy (non-hydrogen) atoms. The number of benzene rings is 1. The van der Waals surface area contributed by atoms with Crippen molar-refractivity contribution in [2.45, 2.75) is 44.8 Å². The third kappa shape index (κ3) is 5.23. The largest absolute Gasteiger partial charge is 0.492 e. The molecule has 1 saturated carbocycles. The Balaban J connectivity index is 1.31. The van der Waals surface area contributed by atoms with Gasteiger partial charge in [-0.3, -0.25) is 4.98 Å². The first-order valence-corrected chi connectivity index (χ1v) is 12.2. The summed E-state index contributed by atoms with van der Waals surface area (Å²) in [6.07, 6.45) is 7.03. The number of ether oxygens (including phenoxy) is 1. The van der Waals surface area contributed by atoms with Crippen molar-refractivity contribution in [2.24, 2.45) is 0 Å². The van der Waals surface area contributed by atoms with Crippen LogP contribution in [0.25, 0.3) is 21.3 Å². The highest BCUT2D eigenvalue weighted by molar-refractivity contribution is 7.22. The fourth-order valence-corrected chi connectivity index (χ4v) is 5.02. The highest BCUT2D eigenvalue weighted by Gasteiger charge is 2.19. The number of aliphatic hydroxyl groups is 1. The summed E-state index contributed by atoms with van der Waals surface area (Å²) in [5, 5.41) is 17.4. The van der Waals surface area contributed by atoms with Gasteiger partial charge in [0.25, 0.3) is 0 Å². The molecular weight excluding hydrogens is 434 g/mol. The molecule has 1 aliphatic carbocycles. The molecular formula is C25H27N5O2S. The first kappa shape index (κ1) is 21.6. The number of pyridine rings is 2. The zero-order chi connectivity index (χ0) is 22.6. The van der Waals surface area contributed by atoms with E-state index in [-0.39, 0.29) is 6.10 Å². The summed E-state index contributed by atoms with van der Waals surface area (Å²) >= 11 is 1.60. The molecule has 0 amide bonds. The lowest BCUT2D eigenvalue weighted by Crippen LogP contribution is -2.28. The molecule has 0 saturated heterocycles. The molecule has 3 N–H and O–H groups in total. The monoisotopic (exact) mass is 461 g/mol. The van der Waals surface area contributed by atoms with Crippen molar-refractivity contribution >= 4 is 38.3 Å².